The first kappa shape index (κ1) is 22.4. The van der Waals surface area contributed by atoms with E-state index >= 15 is 0 Å². The zero-order valence-corrected chi connectivity index (χ0v) is 20.0. The summed E-state index contributed by atoms with van der Waals surface area (Å²) in [5, 5.41) is 8.51. The normalized spacial score (nSPS) is 16.1. The average Bonchev–Trinajstić information content (AvgIpc) is 3.32. The number of fused-ring (bicyclic) bond motifs is 1. The molecule has 1 amide bonds. The summed E-state index contributed by atoms with van der Waals surface area (Å²) >= 11 is 6.40. The molecule has 1 aliphatic rings. The molecule has 1 N–H and O–H groups in total. The molecule has 1 fully saturated rings. The molecule has 2 aromatic carbocycles. The Labute approximate surface area is 204 Å². The molecule has 1 aliphatic heterocycles. The highest BCUT2D eigenvalue weighted by molar-refractivity contribution is 6.33. The van der Waals surface area contributed by atoms with Crippen LogP contribution in [0.3, 0.4) is 0 Å². The fraction of sp³-hybridized carbons (Fsp3) is 0.296. The summed E-state index contributed by atoms with van der Waals surface area (Å²) in [6.07, 6.45) is 6.44. The van der Waals surface area contributed by atoms with E-state index < -0.39 is 0 Å². The summed E-state index contributed by atoms with van der Waals surface area (Å²) in [7, 11) is 0. The van der Waals surface area contributed by atoms with Crippen LogP contribution in [0.15, 0.2) is 67.0 Å². The fourth-order valence-electron chi connectivity index (χ4n) is 4.56. The molecule has 1 atom stereocenters. The largest absolute Gasteiger partial charge is 0.354 e. The van der Waals surface area contributed by atoms with Crippen LogP contribution in [-0.2, 0) is 17.8 Å². The van der Waals surface area contributed by atoms with E-state index in [4.69, 9.17) is 16.7 Å². The average molecular weight is 474 g/mol. The maximum Gasteiger partial charge on any atom is 0.225 e. The third-order valence-electron chi connectivity index (χ3n) is 6.51. The minimum Gasteiger partial charge on any atom is -0.354 e. The summed E-state index contributed by atoms with van der Waals surface area (Å²) in [6.45, 7) is 4.20. The zero-order chi connectivity index (χ0) is 23.5. The summed E-state index contributed by atoms with van der Waals surface area (Å²) in [5.41, 5.74) is 5.03. The van der Waals surface area contributed by atoms with E-state index in [9.17, 15) is 4.79 Å². The Morgan fingerprint density at radius 1 is 1.15 bits per heavy atom. The van der Waals surface area contributed by atoms with E-state index in [2.05, 4.69) is 46.4 Å². The lowest BCUT2D eigenvalue weighted by Gasteiger charge is -2.33. The molecule has 34 heavy (non-hydrogen) atoms. The molecule has 2 aromatic heterocycles. The molecule has 1 saturated heterocycles. The predicted octanol–water partition coefficient (Wildman–Crippen LogP) is 5.14. The number of amides is 1. The minimum atomic E-state index is -0.0725. The van der Waals surface area contributed by atoms with Crippen molar-refractivity contribution in [1.29, 1.82) is 0 Å². The van der Waals surface area contributed by atoms with Gasteiger partial charge in [0.1, 0.15) is 5.52 Å². The second kappa shape index (κ2) is 9.85. The highest BCUT2D eigenvalue weighted by atomic mass is 35.5. The molecule has 4 aromatic rings. The van der Waals surface area contributed by atoms with Crippen molar-refractivity contribution in [2.45, 2.75) is 32.7 Å². The van der Waals surface area contributed by atoms with Gasteiger partial charge in [0.15, 0.2) is 5.82 Å². The molecule has 0 aliphatic carbocycles. The molecule has 0 unspecified atom stereocenters. The van der Waals surface area contributed by atoms with Gasteiger partial charge in [-0.2, -0.15) is 5.10 Å². The predicted molar refractivity (Wildman–Crippen MR) is 136 cm³/mol. The van der Waals surface area contributed by atoms with E-state index in [0.29, 0.717) is 18.1 Å². The Morgan fingerprint density at radius 3 is 2.74 bits per heavy atom. The van der Waals surface area contributed by atoms with Gasteiger partial charge in [0.25, 0.3) is 0 Å². The number of rotatable bonds is 6. The van der Waals surface area contributed by atoms with Crippen LogP contribution in [0.4, 0.5) is 5.82 Å². The van der Waals surface area contributed by atoms with Gasteiger partial charge < -0.3 is 10.2 Å². The lowest BCUT2D eigenvalue weighted by Crippen LogP contribution is -2.43. The molecule has 7 heteroatoms. The van der Waals surface area contributed by atoms with Gasteiger partial charge in [0, 0.05) is 37.6 Å². The molecular formula is C27H28ClN5O. The van der Waals surface area contributed by atoms with Gasteiger partial charge in [-0.15, -0.1) is 0 Å². The number of nitrogens with one attached hydrogen (secondary N) is 1. The van der Waals surface area contributed by atoms with Crippen LogP contribution < -0.4 is 10.2 Å². The Morgan fingerprint density at radius 2 is 1.94 bits per heavy atom. The van der Waals surface area contributed by atoms with Gasteiger partial charge in [-0.05, 0) is 42.5 Å². The molecule has 0 saturated carbocycles. The van der Waals surface area contributed by atoms with Crippen molar-refractivity contribution >= 4 is 28.8 Å². The van der Waals surface area contributed by atoms with Crippen LogP contribution in [0.1, 0.15) is 30.9 Å². The number of carbonyl (C=O) groups excluding carboxylic acids is 1. The van der Waals surface area contributed by atoms with Crippen LogP contribution in [0.25, 0.3) is 16.8 Å². The van der Waals surface area contributed by atoms with E-state index in [-0.39, 0.29) is 11.8 Å². The van der Waals surface area contributed by atoms with Crippen LogP contribution >= 0.6 is 11.6 Å². The molecule has 0 radical (unpaired) electrons. The Hall–Kier alpha value is -3.38. The van der Waals surface area contributed by atoms with Crippen LogP contribution in [0.5, 0.6) is 0 Å². The number of carbonyl (C=O) groups is 1. The molecule has 174 valence electrons. The van der Waals surface area contributed by atoms with Crippen molar-refractivity contribution in [3.63, 3.8) is 0 Å². The standard InChI is InChI=1S/C27H28ClN5O/c1-2-19-9-11-20(12-10-19)17-30-27(34)21-6-5-14-32(18-21)26-25-16-24(31-33(25)15-13-29-26)22-7-3-4-8-23(22)28/h3-4,7-13,15-16,21H,2,5-6,14,17-18H2,1H3,(H,30,34)/t21-/m1/s1. The quantitative estimate of drug-likeness (QED) is 0.421. The van der Waals surface area contributed by atoms with Gasteiger partial charge in [-0.3, -0.25) is 4.79 Å². The minimum absolute atomic E-state index is 0.0725. The molecule has 0 bridgehead atoms. The third-order valence-corrected chi connectivity index (χ3v) is 6.84. The molecular weight excluding hydrogens is 446 g/mol. The summed E-state index contributed by atoms with van der Waals surface area (Å²) in [6, 6.07) is 18.1. The van der Waals surface area contributed by atoms with Crippen LogP contribution in [-0.4, -0.2) is 33.6 Å². The molecule has 3 heterocycles. The smallest absolute Gasteiger partial charge is 0.225 e. The topological polar surface area (TPSA) is 62.5 Å². The summed E-state index contributed by atoms with van der Waals surface area (Å²) < 4.78 is 1.84. The number of anilines is 1. The Kier molecular flexibility index (Phi) is 6.50. The third kappa shape index (κ3) is 4.64. The van der Waals surface area contributed by atoms with E-state index in [1.54, 1.807) is 6.20 Å². The number of hydrogen-bond donors (Lipinski definition) is 1. The van der Waals surface area contributed by atoms with E-state index in [0.717, 1.165) is 54.0 Å². The van der Waals surface area contributed by atoms with Gasteiger partial charge in [-0.1, -0.05) is 61.0 Å². The Balaban J connectivity index is 1.31. The molecule has 0 spiro atoms. The van der Waals surface area contributed by atoms with Crippen molar-refractivity contribution < 1.29 is 4.79 Å². The summed E-state index contributed by atoms with van der Waals surface area (Å²) in [5.74, 6) is 0.874. The first-order valence-electron chi connectivity index (χ1n) is 11.8. The number of nitrogens with zero attached hydrogens (tertiary/aromatic N) is 4. The van der Waals surface area contributed by atoms with Crippen LogP contribution in [0, 0.1) is 5.92 Å². The fourth-order valence-corrected chi connectivity index (χ4v) is 4.79. The number of benzene rings is 2. The monoisotopic (exact) mass is 473 g/mol. The Bertz CT molecular complexity index is 1300. The highest BCUT2D eigenvalue weighted by Crippen LogP contribution is 2.31. The first-order valence-corrected chi connectivity index (χ1v) is 12.2. The second-order valence-corrected chi connectivity index (χ2v) is 9.17. The van der Waals surface area contributed by atoms with Crippen molar-refractivity contribution in [2.75, 3.05) is 18.0 Å². The molecule has 6 nitrogen and oxygen atoms in total. The highest BCUT2D eigenvalue weighted by Gasteiger charge is 2.27. The van der Waals surface area contributed by atoms with Crippen molar-refractivity contribution in [2.24, 2.45) is 5.92 Å². The van der Waals surface area contributed by atoms with Gasteiger partial charge in [0.05, 0.1) is 16.6 Å². The number of aryl methyl sites for hydroxylation is 1. The van der Waals surface area contributed by atoms with Crippen molar-refractivity contribution in [3.8, 4) is 11.3 Å². The van der Waals surface area contributed by atoms with Gasteiger partial charge >= 0.3 is 0 Å². The summed E-state index contributed by atoms with van der Waals surface area (Å²) in [4.78, 5) is 19.8. The number of hydrogen-bond acceptors (Lipinski definition) is 4. The van der Waals surface area contributed by atoms with Crippen molar-refractivity contribution in [1.82, 2.24) is 19.9 Å². The van der Waals surface area contributed by atoms with E-state index in [1.807, 2.05) is 41.0 Å². The van der Waals surface area contributed by atoms with Gasteiger partial charge in [-0.25, -0.2) is 9.50 Å². The van der Waals surface area contributed by atoms with Gasteiger partial charge in [0.2, 0.25) is 5.91 Å². The molecule has 5 rings (SSSR count). The van der Waals surface area contributed by atoms with Crippen molar-refractivity contribution in [3.05, 3.63) is 83.1 Å². The SMILES string of the molecule is CCc1ccc(CNC(=O)[C@@H]2CCCN(c3nccn4nc(-c5ccccc5Cl)cc34)C2)cc1. The number of aromatic nitrogens is 3. The zero-order valence-electron chi connectivity index (χ0n) is 19.2. The maximum absolute atomic E-state index is 13.0. The maximum atomic E-state index is 13.0. The number of halogens is 1. The second-order valence-electron chi connectivity index (χ2n) is 8.76. The first-order chi connectivity index (χ1) is 16.6. The number of piperidine rings is 1. The van der Waals surface area contributed by atoms with E-state index in [1.165, 1.54) is 5.56 Å². The van der Waals surface area contributed by atoms with Crippen LogP contribution in [0.2, 0.25) is 5.02 Å². The lowest BCUT2D eigenvalue weighted by molar-refractivity contribution is -0.125. The lowest BCUT2D eigenvalue weighted by atomic mass is 9.97.